The van der Waals surface area contributed by atoms with Gasteiger partial charge in [-0.2, -0.15) is 5.10 Å². The summed E-state index contributed by atoms with van der Waals surface area (Å²) in [5.74, 6) is 0.877. The van der Waals surface area contributed by atoms with Crippen LogP contribution in [0.25, 0.3) is 28.2 Å². The van der Waals surface area contributed by atoms with Crippen LogP contribution in [-0.2, 0) is 0 Å². The molecule has 0 unspecified atom stereocenters. The lowest BCUT2D eigenvalue weighted by atomic mass is 10.0. The van der Waals surface area contributed by atoms with Crippen LogP contribution in [0.15, 0.2) is 60.9 Å². The van der Waals surface area contributed by atoms with Crippen molar-refractivity contribution in [1.82, 2.24) is 19.6 Å². The predicted octanol–water partition coefficient (Wildman–Crippen LogP) is 4.98. The van der Waals surface area contributed by atoms with Crippen LogP contribution in [0.2, 0.25) is 0 Å². The number of hydrogen-bond acceptors (Lipinski definition) is 4. The van der Waals surface area contributed by atoms with E-state index in [4.69, 9.17) is 4.98 Å². The van der Waals surface area contributed by atoms with Gasteiger partial charge in [0, 0.05) is 30.1 Å². The van der Waals surface area contributed by atoms with Gasteiger partial charge in [0.05, 0.1) is 5.69 Å². The van der Waals surface area contributed by atoms with E-state index in [1.165, 1.54) is 5.56 Å². The zero-order valence-corrected chi connectivity index (χ0v) is 15.7. The van der Waals surface area contributed by atoms with E-state index in [1.54, 1.807) is 6.20 Å². The van der Waals surface area contributed by atoms with Gasteiger partial charge in [0.1, 0.15) is 11.5 Å². The topological polar surface area (TPSA) is 55.1 Å². The number of anilines is 1. The Hall–Kier alpha value is -3.21. The third kappa shape index (κ3) is 3.53. The highest BCUT2D eigenvalue weighted by molar-refractivity contribution is 5.82. The van der Waals surface area contributed by atoms with Crippen molar-refractivity contribution in [3.05, 3.63) is 66.5 Å². The molecule has 0 radical (unpaired) electrons. The number of nitrogens with one attached hydrogen (secondary N) is 1. The molecule has 1 aromatic carbocycles. The van der Waals surface area contributed by atoms with Crippen LogP contribution in [-0.4, -0.2) is 26.1 Å². The van der Waals surface area contributed by atoms with Crippen molar-refractivity contribution in [2.75, 3.05) is 11.9 Å². The number of benzene rings is 1. The van der Waals surface area contributed by atoms with Crippen LogP contribution in [0, 0.1) is 6.92 Å². The van der Waals surface area contributed by atoms with Gasteiger partial charge < -0.3 is 5.32 Å². The second kappa shape index (κ2) is 7.58. The highest BCUT2D eigenvalue weighted by Crippen LogP contribution is 2.33. The van der Waals surface area contributed by atoms with Crippen LogP contribution >= 0.6 is 0 Å². The lowest BCUT2D eigenvalue weighted by molar-refractivity contribution is 0.831. The van der Waals surface area contributed by atoms with Crippen molar-refractivity contribution in [2.45, 2.75) is 26.7 Å². The number of rotatable bonds is 6. The van der Waals surface area contributed by atoms with Crippen LogP contribution in [0.1, 0.15) is 25.3 Å². The standard InChI is InChI=1S/C22H23N5/c1-3-4-11-23-19-15-18(10-13-24-19)22-21(17-8-5-7-16(2)14-17)26-20-9-6-12-25-27(20)22/h5-10,12-15H,3-4,11H2,1-2H3,(H,23,24). The molecular weight excluding hydrogens is 334 g/mol. The third-order valence-corrected chi connectivity index (χ3v) is 4.55. The van der Waals surface area contributed by atoms with E-state index in [2.05, 4.69) is 59.6 Å². The van der Waals surface area contributed by atoms with Crippen molar-refractivity contribution in [3.63, 3.8) is 0 Å². The minimum atomic E-state index is 0.835. The van der Waals surface area contributed by atoms with Gasteiger partial charge in [-0.1, -0.05) is 37.1 Å². The average Bonchev–Trinajstić information content (AvgIpc) is 3.08. The summed E-state index contributed by atoms with van der Waals surface area (Å²) < 4.78 is 1.91. The monoisotopic (exact) mass is 357 g/mol. The van der Waals surface area contributed by atoms with Gasteiger partial charge in [-0.3, -0.25) is 0 Å². The van der Waals surface area contributed by atoms with E-state index in [0.717, 1.165) is 53.4 Å². The maximum absolute atomic E-state index is 4.87. The maximum Gasteiger partial charge on any atom is 0.154 e. The molecule has 27 heavy (non-hydrogen) atoms. The summed E-state index contributed by atoms with van der Waals surface area (Å²) in [4.78, 5) is 9.32. The molecule has 0 fully saturated rings. The van der Waals surface area contributed by atoms with E-state index in [0.29, 0.717) is 0 Å². The third-order valence-electron chi connectivity index (χ3n) is 4.55. The van der Waals surface area contributed by atoms with Crippen molar-refractivity contribution >= 4 is 11.5 Å². The van der Waals surface area contributed by atoms with E-state index < -0.39 is 0 Å². The fourth-order valence-corrected chi connectivity index (χ4v) is 3.21. The molecule has 136 valence electrons. The summed E-state index contributed by atoms with van der Waals surface area (Å²) >= 11 is 0. The number of nitrogens with zero attached hydrogens (tertiary/aromatic N) is 4. The van der Waals surface area contributed by atoms with E-state index in [1.807, 2.05) is 28.9 Å². The molecule has 3 aromatic heterocycles. The first-order valence-electron chi connectivity index (χ1n) is 9.37. The molecule has 0 spiro atoms. The molecule has 0 saturated carbocycles. The van der Waals surface area contributed by atoms with Crippen LogP contribution < -0.4 is 5.32 Å². The van der Waals surface area contributed by atoms with Crippen molar-refractivity contribution < 1.29 is 0 Å². The van der Waals surface area contributed by atoms with Gasteiger partial charge in [0.25, 0.3) is 0 Å². The molecule has 0 aliphatic carbocycles. The lowest BCUT2D eigenvalue weighted by Gasteiger charge is -2.09. The minimum Gasteiger partial charge on any atom is -0.370 e. The van der Waals surface area contributed by atoms with Gasteiger partial charge in [0.2, 0.25) is 0 Å². The maximum atomic E-state index is 4.87. The number of aromatic nitrogens is 4. The summed E-state index contributed by atoms with van der Waals surface area (Å²) in [5, 5.41) is 7.95. The summed E-state index contributed by atoms with van der Waals surface area (Å²) in [6.45, 7) is 5.20. The molecule has 0 aliphatic heterocycles. The van der Waals surface area contributed by atoms with Crippen LogP contribution in [0.3, 0.4) is 0 Å². The number of unbranched alkanes of at least 4 members (excludes halogenated alkanes) is 1. The second-order valence-corrected chi connectivity index (χ2v) is 6.68. The molecule has 0 bridgehead atoms. The smallest absolute Gasteiger partial charge is 0.154 e. The lowest BCUT2D eigenvalue weighted by Crippen LogP contribution is -2.03. The Bertz CT molecular complexity index is 1070. The fourth-order valence-electron chi connectivity index (χ4n) is 3.21. The number of hydrogen-bond donors (Lipinski definition) is 1. The summed E-state index contributed by atoms with van der Waals surface area (Å²) in [6, 6.07) is 16.4. The predicted molar refractivity (Wildman–Crippen MR) is 110 cm³/mol. The molecule has 5 nitrogen and oxygen atoms in total. The summed E-state index contributed by atoms with van der Waals surface area (Å²) in [6.07, 6.45) is 5.91. The van der Waals surface area contributed by atoms with Gasteiger partial charge in [0.15, 0.2) is 5.65 Å². The Morgan fingerprint density at radius 2 is 1.93 bits per heavy atom. The van der Waals surface area contributed by atoms with Crippen molar-refractivity contribution in [3.8, 4) is 22.5 Å². The van der Waals surface area contributed by atoms with E-state index >= 15 is 0 Å². The van der Waals surface area contributed by atoms with Gasteiger partial charge in [-0.05, 0) is 43.7 Å². The molecular formula is C22H23N5. The summed E-state index contributed by atoms with van der Waals surface area (Å²) in [7, 11) is 0. The van der Waals surface area contributed by atoms with Crippen molar-refractivity contribution in [1.29, 1.82) is 0 Å². The first-order chi connectivity index (χ1) is 13.3. The first-order valence-corrected chi connectivity index (χ1v) is 9.37. The Morgan fingerprint density at radius 3 is 2.78 bits per heavy atom. The molecule has 1 N–H and O–H groups in total. The normalized spacial score (nSPS) is 11.0. The quantitative estimate of drug-likeness (QED) is 0.495. The molecule has 4 rings (SSSR count). The Labute approximate surface area is 159 Å². The Balaban J connectivity index is 1.86. The SMILES string of the molecule is CCCCNc1cc(-c2c(-c3cccc(C)c3)nc3cccnn23)ccn1. The van der Waals surface area contributed by atoms with Crippen LogP contribution in [0.4, 0.5) is 5.82 Å². The molecule has 3 heterocycles. The second-order valence-electron chi connectivity index (χ2n) is 6.68. The Morgan fingerprint density at radius 1 is 1.00 bits per heavy atom. The van der Waals surface area contributed by atoms with Crippen LogP contribution in [0.5, 0.6) is 0 Å². The zero-order chi connectivity index (χ0) is 18.6. The minimum absolute atomic E-state index is 0.835. The zero-order valence-electron chi connectivity index (χ0n) is 15.7. The van der Waals surface area contributed by atoms with Gasteiger partial charge in [-0.15, -0.1) is 0 Å². The molecule has 4 aromatic rings. The number of pyridine rings is 1. The van der Waals surface area contributed by atoms with E-state index in [9.17, 15) is 0 Å². The molecule has 0 saturated heterocycles. The highest BCUT2D eigenvalue weighted by atomic mass is 15.3. The molecule has 0 amide bonds. The van der Waals surface area contributed by atoms with Gasteiger partial charge >= 0.3 is 0 Å². The molecule has 5 heteroatoms. The average molecular weight is 357 g/mol. The van der Waals surface area contributed by atoms with Gasteiger partial charge in [-0.25, -0.2) is 14.5 Å². The van der Waals surface area contributed by atoms with E-state index in [-0.39, 0.29) is 0 Å². The molecule has 0 atom stereocenters. The highest BCUT2D eigenvalue weighted by Gasteiger charge is 2.17. The number of imidazole rings is 1. The largest absolute Gasteiger partial charge is 0.370 e. The Kier molecular flexibility index (Phi) is 4.83. The molecule has 0 aliphatic rings. The van der Waals surface area contributed by atoms with Crippen molar-refractivity contribution in [2.24, 2.45) is 0 Å². The fraction of sp³-hybridized carbons (Fsp3) is 0.227. The number of aryl methyl sites for hydroxylation is 1. The first kappa shape index (κ1) is 17.2. The summed E-state index contributed by atoms with van der Waals surface area (Å²) in [5.41, 5.74) is 6.10. The number of fused-ring (bicyclic) bond motifs is 1.